The maximum Gasteiger partial charge on any atom is 0.154 e. The molecule has 3 aromatic carbocycles. The smallest absolute Gasteiger partial charge is 0.154 e. The van der Waals surface area contributed by atoms with Crippen LogP contribution in [0.4, 0.5) is 10.1 Å². The molecule has 0 saturated carbocycles. The van der Waals surface area contributed by atoms with E-state index < -0.39 is 5.82 Å². The van der Waals surface area contributed by atoms with Crippen LogP contribution in [-0.4, -0.2) is 5.71 Å². The molecule has 0 heterocycles. The highest BCUT2D eigenvalue weighted by molar-refractivity contribution is 6.01. The molecule has 0 fully saturated rings. The number of rotatable bonds is 6. The van der Waals surface area contributed by atoms with E-state index in [1.165, 1.54) is 0 Å². The zero-order chi connectivity index (χ0) is 19.4. The lowest BCUT2D eigenvalue weighted by Crippen LogP contribution is -2.04. The van der Waals surface area contributed by atoms with Gasteiger partial charge < -0.3 is 15.9 Å². The van der Waals surface area contributed by atoms with Crippen LogP contribution in [0.15, 0.2) is 60.7 Å². The highest BCUT2D eigenvalue weighted by Gasteiger charge is 2.16. The first kappa shape index (κ1) is 18.6. The van der Waals surface area contributed by atoms with Gasteiger partial charge in [-0.1, -0.05) is 55.5 Å². The van der Waals surface area contributed by atoms with Crippen molar-refractivity contribution in [2.24, 2.45) is 0 Å². The molecule has 0 saturated heterocycles. The largest absolute Gasteiger partial charge is 0.489 e. The van der Waals surface area contributed by atoms with Crippen LogP contribution in [0.2, 0.25) is 0 Å². The number of hydrogen-bond acceptors (Lipinski definition) is 3. The summed E-state index contributed by atoms with van der Waals surface area (Å²) in [6.45, 7) is 4.11. The Bertz CT molecular complexity index is 968. The molecule has 3 N–H and O–H groups in total. The molecule has 3 rings (SSSR count). The number of ether oxygens (including phenoxy) is 1. The Morgan fingerprint density at radius 2 is 1.74 bits per heavy atom. The van der Waals surface area contributed by atoms with E-state index in [4.69, 9.17) is 15.9 Å². The third kappa shape index (κ3) is 4.00. The van der Waals surface area contributed by atoms with E-state index in [1.54, 1.807) is 19.1 Å². The summed E-state index contributed by atoms with van der Waals surface area (Å²) in [6.07, 6.45) is 0.739. The van der Waals surface area contributed by atoms with Crippen molar-refractivity contribution in [3.8, 4) is 16.9 Å². The average Bonchev–Trinajstić information content (AvgIpc) is 2.69. The van der Waals surface area contributed by atoms with Crippen LogP contribution in [0.1, 0.15) is 30.5 Å². The quantitative estimate of drug-likeness (QED) is 0.443. The molecular weight excluding hydrogens is 339 g/mol. The van der Waals surface area contributed by atoms with Crippen molar-refractivity contribution in [1.82, 2.24) is 0 Å². The van der Waals surface area contributed by atoms with E-state index >= 15 is 0 Å². The number of hydrogen-bond donors (Lipinski definition) is 2. The van der Waals surface area contributed by atoms with Gasteiger partial charge in [0.15, 0.2) is 5.82 Å². The number of halogens is 1. The van der Waals surface area contributed by atoms with Crippen molar-refractivity contribution in [2.45, 2.75) is 26.9 Å². The molecule has 27 heavy (non-hydrogen) atoms. The lowest BCUT2D eigenvalue weighted by atomic mass is 9.95. The minimum atomic E-state index is -0.480. The topological polar surface area (TPSA) is 59.1 Å². The Balaban J connectivity index is 1.91. The Hall–Kier alpha value is -3.14. The monoisotopic (exact) mass is 362 g/mol. The highest BCUT2D eigenvalue weighted by atomic mass is 19.1. The Morgan fingerprint density at radius 3 is 2.41 bits per heavy atom. The molecule has 0 aliphatic heterocycles. The van der Waals surface area contributed by atoms with E-state index in [1.807, 2.05) is 55.5 Å². The number of benzene rings is 3. The zero-order valence-electron chi connectivity index (χ0n) is 15.6. The molecular formula is C23H23FN2O. The van der Waals surface area contributed by atoms with Gasteiger partial charge >= 0.3 is 0 Å². The zero-order valence-corrected chi connectivity index (χ0v) is 15.6. The highest BCUT2D eigenvalue weighted by Crippen LogP contribution is 2.33. The number of nitrogens with two attached hydrogens (primary N) is 1. The van der Waals surface area contributed by atoms with Gasteiger partial charge in [-0.15, -0.1) is 0 Å². The maximum absolute atomic E-state index is 14.8. The van der Waals surface area contributed by atoms with Crippen LogP contribution in [0, 0.1) is 11.2 Å². The van der Waals surface area contributed by atoms with Crippen LogP contribution in [0.25, 0.3) is 11.1 Å². The van der Waals surface area contributed by atoms with Crippen LogP contribution < -0.4 is 10.5 Å². The molecule has 0 aliphatic rings. The van der Waals surface area contributed by atoms with Gasteiger partial charge in [-0.05, 0) is 42.2 Å². The van der Waals surface area contributed by atoms with E-state index in [2.05, 4.69) is 0 Å². The van der Waals surface area contributed by atoms with Crippen LogP contribution in [0.5, 0.6) is 5.75 Å². The molecule has 0 atom stereocenters. The van der Waals surface area contributed by atoms with E-state index in [-0.39, 0.29) is 11.4 Å². The van der Waals surface area contributed by atoms with Crippen LogP contribution >= 0.6 is 0 Å². The molecule has 0 unspecified atom stereocenters. The van der Waals surface area contributed by atoms with E-state index in [0.29, 0.717) is 17.7 Å². The number of anilines is 1. The molecule has 3 aromatic rings. The predicted octanol–water partition coefficient (Wildman–Crippen LogP) is 5.60. The molecule has 4 heteroatoms. The summed E-state index contributed by atoms with van der Waals surface area (Å²) in [5, 5.41) is 7.71. The van der Waals surface area contributed by atoms with Crippen molar-refractivity contribution in [3.05, 3.63) is 83.2 Å². The van der Waals surface area contributed by atoms with Crippen molar-refractivity contribution in [2.75, 3.05) is 5.73 Å². The third-order valence-electron chi connectivity index (χ3n) is 4.58. The molecule has 0 amide bonds. The Kier molecular flexibility index (Phi) is 5.55. The maximum atomic E-state index is 14.8. The van der Waals surface area contributed by atoms with Gasteiger partial charge in [-0.3, -0.25) is 0 Å². The van der Waals surface area contributed by atoms with Gasteiger partial charge in [0.25, 0.3) is 0 Å². The molecule has 0 aliphatic carbocycles. The van der Waals surface area contributed by atoms with Gasteiger partial charge in [-0.25, -0.2) is 4.39 Å². The van der Waals surface area contributed by atoms with Gasteiger partial charge in [0.1, 0.15) is 12.4 Å². The molecule has 3 nitrogen and oxygen atoms in total. The van der Waals surface area contributed by atoms with Crippen LogP contribution in [-0.2, 0) is 13.0 Å². The summed E-state index contributed by atoms with van der Waals surface area (Å²) in [4.78, 5) is 0. The summed E-state index contributed by atoms with van der Waals surface area (Å²) < 4.78 is 20.7. The predicted molar refractivity (Wildman–Crippen MR) is 109 cm³/mol. The molecule has 0 aromatic heterocycles. The number of nitrogen functional groups attached to an aromatic ring is 1. The molecule has 0 bridgehead atoms. The fourth-order valence-electron chi connectivity index (χ4n) is 3.08. The second kappa shape index (κ2) is 8.04. The number of aryl methyl sites for hydroxylation is 1. The second-order valence-corrected chi connectivity index (χ2v) is 6.46. The summed E-state index contributed by atoms with van der Waals surface area (Å²) in [7, 11) is 0. The molecule has 0 radical (unpaired) electrons. The first-order valence-electron chi connectivity index (χ1n) is 8.94. The van der Waals surface area contributed by atoms with Crippen molar-refractivity contribution < 1.29 is 9.13 Å². The summed E-state index contributed by atoms with van der Waals surface area (Å²) in [6, 6.07) is 19.0. The van der Waals surface area contributed by atoms with Gasteiger partial charge in [0.2, 0.25) is 0 Å². The Morgan fingerprint density at radius 1 is 1.04 bits per heavy atom. The van der Waals surface area contributed by atoms with Gasteiger partial charge in [-0.2, -0.15) is 0 Å². The first-order valence-corrected chi connectivity index (χ1v) is 8.94. The van der Waals surface area contributed by atoms with E-state index in [9.17, 15) is 4.39 Å². The minimum absolute atomic E-state index is 0.0199. The summed E-state index contributed by atoms with van der Waals surface area (Å²) >= 11 is 0. The second-order valence-electron chi connectivity index (χ2n) is 6.46. The van der Waals surface area contributed by atoms with Gasteiger partial charge in [0.05, 0.1) is 5.69 Å². The normalized spacial score (nSPS) is 10.6. The van der Waals surface area contributed by atoms with Crippen molar-refractivity contribution >= 4 is 11.4 Å². The minimum Gasteiger partial charge on any atom is -0.489 e. The Labute approximate surface area is 159 Å². The lowest BCUT2D eigenvalue weighted by molar-refractivity contribution is 0.306. The first-order chi connectivity index (χ1) is 13.0. The fourth-order valence-corrected chi connectivity index (χ4v) is 3.08. The average molecular weight is 362 g/mol. The lowest BCUT2D eigenvalue weighted by Gasteiger charge is -2.15. The summed E-state index contributed by atoms with van der Waals surface area (Å²) in [5.41, 5.74) is 9.93. The SMILES string of the molecule is CCc1cc(OCc2ccccc2)ccc1-c1ccc(C(C)=N)c(N)c1F. The van der Waals surface area contributed by atoms with E-state index in [0.717, 1.165) is 28.9 Å². The van der Waals surface area contributed by atoms with Crippen molar-refractivity contribution in [3.63, 3.8) is 0 Å². The summed E-state index contributed by atoms with van der Waals surface area (Å²) in [5.74, 6) is 0.270. The fraction of sp³-hybridized carbons (Fsp3) is 0.174. The standard InChI is InChI=1S/C23H23FN2O/c1-3-17-13-18(27-14-16-7-5-4-6-8-16)9-10-20(17)21-12-11-19(15(2)25)23(26)22(21)24/h4-13,25H,3,14,26H2,1-2H3. The van der Waals surface area contributed by atoms with Crippen molar-refractivity contribution in [1.29, 1.82) is 5.41 Å². The third-order valence-corrected chi connectivity index (χ3v) is 4.58. The van der Waals surface area contributed by atoms with Crippen LogP contribution in [0.3, 0.4) is 0 Å². The van der Waals surface area contributed by atoms with Gasteiger partial charge in [0, 0.05) is 16.8 Å². The molecule has 138 valence electrons. The number of nitrogens with one attached hydrogen (secondary N) is 1. The molecule has 0 spiro atoms.